The van der Waals surface area contributed by atoms with Crippen LogP contribution in [0.1, 0.15) is 53.3 Å². The first-order valence-corrected chi connectivity index (χ1v) is 12.2. The quantitative estimate of drug-likeness (QED) is 0.663. The molecule has 2 amide bonds. The Bertz CT molecular complexity index is 1050. The molecule has 3 N–H and O–H groups in total. The second kappa shape index (κ2) is 9.44. The number of nitrogens with zero attached hydrogens (tertiary/aromatic N) is 6. The van der Waals surface area contributed by atoms with E-state index < -0.39 is 5.91 Å². The maximum atomic E-state index is 13.5. The molecule has 0 aliphatic carbocycles. The number of carbonyl (C=O) groups excluding carboxylic acids is 2. The molecule has 10 heteroatoms. The van der Waals surface area contributed by atoms with Crippen LogP contribution in [0.25, 0.3) is 0 Å². The number of aromatic nitrogens is 3. The number of piperidine rings is 1. The van der Waals surface area contributed by atoms with Crippen LogP contribution in [0.5, 0.6) is 0 Å². The molecule has 1 atom stereocenters. The fourth-order valence-corrected chi connectivity index (χ4v) is 5.33. The van der Waals surface area contributed by atoms with Crippen molar-refractivity contribution in [2.45, 2.75) is 38.6 Å². The molecule has 0 aromatic carbocycles. The normalized spacial score (nSPS) is 20.7. The average molecular weight is 465 g/mol. The summed E-state index contributed by atoms with van der Waals surface area (Å²) >= 11 is 0. The number of hydrogen-bond donors (Lipinski definition) is 2. The number of fused-ring (bicyclic) bond motifs is 3. The van der Waals surface area contributed by atoms with Gasteiger partial charge in [0.1, 0.15) is 17.2 Å². The van der Waals surface area contributed by atoms with Gasteiger partial charge < -0.3 is 25.8 Å². The Kier molecular flexibility index (Phi) is 6.21. The van der Waals surface area contributed by atoms with Crippen molar-refractivity contribution in [1.29, 1.82) is 0 Å². The highest BCUT2D eigenvalue weighted by atomic mass is 16.2. The highest BCUT2D eigenvalue weighted by molar-refractivity contribution is 5.99. The van der Waals surface area contributed by atoms with Crippen molar-refractivity contribution >= 4 is 29.4 Å². The van der Waals surface area contributed by atoms with Gasteiger partial charge in [-0.1, -0.05) is 0 Å². The van der Waals surface area contributed by atoms with E-state index in [-0.39, 0.29) is 5.91 Å². The van der Waals surface area contributed by atoms with E-state index in [4.69, 9.17) is 10.7 Å². The van der Waals surface area contributed by atoms with E-state index in [2.05, 4.69) is 25.1 Å². The lowest BCUT2D eigenvalue weighted by atomic mass is 9.95. The third-order valence-electron chi connectivity index (χ3n) is 7.15. The molecule has 2 aromatic heterocycles. The van der Waals surface area contributed by atoms with Crippen LogP contribution in [-0.4, -0.2) is 77.0 Å². The summed E-state index contributed by atoms with van der Waals surface area (Å²) in [6.45, 7) is 6.92. The van der Waals surface area contributed by atoms with Crippen LogP contribution in [0, 0.1) is 5.92 Å². The molecule has 2 aromatic rings. The molecule has 1 unspecified atom stereocenters. The molecule has 2 saturated heterocycles. The van der Waals surface area contributed by atoms with Crippen molar-refractivity contribution in [2.24, 2.45) is 11.7 Å². The number of amides is 2. The Hall–Kier alpha value is -3.43. The Morgan fingerprint density at radius 3 is 2.68 bits per heavy atom. The van der Waals surface area contributed by atoms with Gasteiger partial charge in [-0.05, 0) is 50.7 Å². The SMILES string of the molecule is CCNc1ncc2c(n1)N1CCCC1CN(CC1CCN(c3ccc(C(N)=O)cn3)CC1)C2=O. The first-order chi connectivity index (χ1) is 16.5. The minimum absolute atomic E-state index is 0.0404. The fourth-order valence-electron chi connectivity index (χ4n) is 5.33. The number of nitrogens with one attached hydrogen (secondary N) is 1. The summed E-state index contributed by atoms with van der Waals surface area (Å²) < 4.78 is 0. The van der Waals surface area contributed by atoms with Crippen molar-refractivity contribution < 1.29 is 9.59 Å². The monoisotopic (exact) mass is 464 g/mol. The van der Waals surface area contributed by atoms with Crippen LogP contribution in [0.2, 0.25) is 0 Å². The topological polar surface area (TPSA) is 121 Å². The van der Waals surface area contributed by atoms with Crippen molar-refractivity contribution in [3.05, 3.63) is 35.7 Å². The zero-order valence-corrected chi connectivity index (χ0v) is 19.6. The molecule has 3 aliphatic heterocycles. The molecule has 2 fully saturated rings. The van der Waals surface area contributed by atoms with Gasteiger partial charge in [0, 0.05) is 57.7 Å². The van der Waals surface area contributed by atoms with Gasteiger partial charge in [-0.15, -0.1) is 0 Å². The predicted octanol–water partition coefficient (Wildman–Crippen LogP) is 1.74. The number of hydrogen-bond acceptors (Lipinski definition) is 8. The number of rotatable bonds is 6. The highest BCUT2D eigenvalue weighted by Crippen LogP contribution is 2.33. The van der Waals surface area contributed by atoms with Crippen LogP contribution < -0.4 is 20.9 Å². The van der Waals surface area contributed by atoms with Crippen LogP contribution in [0.15, 0.2) is 24.5 Å². The zero-order chi connectivity index (χ0) is 23.7. The molecular weight excluding hydrogens is 432 g/mol. The molecular formula is C24H32N8O2. The van der Waals surface area contributed by atoms with Crippen molar-refractivity contribution in [3.63, 3.8) is 0 Å². The van der Waals surface area contributed by atoms with E-state index in [9.17, 15) is 9.59 Å². The third kappa shape index (κ3) is 4.36. The van der Waals surface area contributed by atoms with E-state index in [0.29, 0.717) is 29.0 Å². The Morgan fingerprint density at radius 1 is 1.15 bits per heavy atom. The molecule has 0 bridgehead atoms. The minimum atomic E-state index is -0.467. The van der Waals surface area contributed by atoms with Crippen LogP contribution in [-0.2, 0) is 0 Å². The lowest BCUT2D eigenvalue weighted by Gasteiger charge is -2.36. The molecule has 10 nitrogen and oxygen atoms in total. The summed E-state index contributed by atoms with van der Waals surface area (Å²) in [5.41, 5.74) is 6.35. The first kappa shape index (κ1) is 22.4. The van der Waals surface area contributed by atoms with E-state index in [1.54, 1.807) is 12.3 Å². The maximum absolute atomic E-state index is 13.5. The van der Waals surface area contributed by atoms with Gasteiger partial charge in [-0.25, -0.2) is 9.97 Å². The highest BCUT2D eigenvalue weighted by Gasteiger charge is 2.37. The van der Waals surface area contributed by atoms with Gasteiger partial charge in [-0.3, -0.25) is 9.59 Å². The Labute approximate surface area is 199 Å². The molecule has 3 aliphatic rings. The molecule has 0 radical (unpaired) electrons. The van der Waals surface area contributed by atoms with Gasteiger partial charge in [0.15, 0.2) is 0 Å². The van der Waals surface area contributed by atoms with E-state index in [0.717, 1.165) is 76.6 Å². The summed E-state index contributed by atoms with van der Waals surface area (Å²) in [6.07, 6.45) is 7.40. The summed E-state index contributed by atoms with van der Waals surface area (Å²) in [4.78, 5) is 44.9. The summed E-state index contributed by atoms with van der Waals surface area (Å²) in [5, 5.41) is 3.17. The summed E-state index contributed by atoms with van der Waals surface area (Å²) in [6, 6.07) is 3.88. The predicted molar refractivity (Wildman–Crippen MR) is 130 cm³/mol. The number of primary amides is 1. The molecule has 0 spiro atoms. The van der Waals surface area contributed by atoms with Gasteiger partial charge in [0.05, 0.1) is 5.56 Å². The second-order valence-electron chi connectivity index (χ2n) is 9.36. The average Bonchev–Trinajstić information content (AvgIpc) is 3.28. The summed E-state index contributed by atoms with van der Waals surface area (Å²) in [5.74, 6) is 2.23. The first-order valence-electron chi connectivity index (χ1n) is 12.2. The number of anilines is 3. The molecule has 5 heterocycles. The number of carbonyl (C=O) groups is 2. The Morgan fingerprint density at radius 2 is 1.97 bits per heavy atom. The van der Waals surface area contributed by atoms with E-state index in [1.807, 2.05) is 17.9 Å². The van der Waals surface area contributed by atoms with Crippen LogP contribution >= 0.6 is 0 Å². The van der Waals surface area contributed by atoms with Crippen molar-refractivity contribution in [2.75, 3.05) is 54.4 Å². The third-order valence-corrected chi connectivity index (χ3v) is 7.15. The summed E-state index contributed by atoms with van der Waals surface area (Å²) in [7, 11) is 0. The van der Waals surface area contributed by atoms with Crippen LogP contribution in [0.3, 0.4) is 0 Å². The maximum Gasteiger partial charge on any atom is 0.259 e. The number of nitrogens with two attached hydrogens (primary N) is 1. The van der Waals surface area contributed by atoms with Gasteiger partial charge in [0.2, 0.25) is 11.9 Å². The molecule has 0 saturated carbocycles. The number of pyridine rings is 1. The van der Waals surface area contributed by atoms with Crippen LogP contribution in [0.4, 0.5) is 17.6 Å². The molecule has 34 heavy (non-hydrogen) atoms. The van der Waals surface area contributed by atoms with E-state index in [1.165, 1.54) is 6.20 Å². The zero-order valence-electron chi connectivity index (χ0n) is 19.6. The molecule has 5 rings (SSSR count). The second-order valence-corrected chi connectivity index (χ2v) is 9.36. The fraction of sp³-hybridized carbons (Fsp3) is 0.542. The largest absolute Gasteiger partial charge is 0.366 e. The van der Waals surface area contributed by atoms with Crippen molar-refractivity contribution in [1.82, 2.24) is 19.9 Å². The lowest BCUT2D eigenvalue weighted by molar-refractivity contribution is 0.0716. The Balaban J connectivity index is 1.26. The minimum Gasteiger partial charge on any atom is -0.366 e. The lowest BCUT2D eigenvalue weighted by Crippen LogP contribution is -2.44. The van der Waals surface area contributed by atoms with Gasteiger partial charge >= 0.3 is 0 Å². The van der Waals surface area contributed by atoms with Crippen molar-refractivity contribution in [3.8, 4) is 0 Å². The smallest absolute Gasteiger partial charge is 0.259 e. The molecule has 180 valence electrons. The van der Waals surface area contributed by atoms with Gasteiger partial charge in [-0.2, -0.15) is 4.98 Å². The standard InChI is InChI=1S/C24H32N8O2/c1-2-26-24-28-13-19-22(29-24)32-9-3-4-18(32)15-31(23(19)34)14-16-7-10-30(11-8-16)20-6-5-17(12-27-20)21(25)33/h5-6,12-13,16,18H,2-4,7-11,14-15H2,1H3,(H2,25,33)(H,26,28,29). The van der Waals surface area contributed by atoms with E-state index >= 15 is 0 Å². The van der Waals surface area contributed by atoms with Gasteiger partial charge in [0.25, 0.3) is 5.91 Å².